The molecule has 0 aromatic carbocycles. The molecule has 1 aromatic heterocycles. The molecule has 5 heteroatoms. The molecule has 0 unspecified atom stereocenters. The monoisotopic (exact) mass is 314 g/mol. The maximum absolute atomic E-state index is 5.45. The Morgan fingerprint density at radius 1 is 1.10 bits per heavy atom. The maximum atomic E-state index is 5.45. The number of aryl methyl sites for hydroxylation is 1. The zero-order chi connectivity index (χ0) is 15.3. The van der Waals surface area contributed by atoms with Crippen molar-refractivity contribution in [3.8, 4) is 0 Å². The Labute approximate surface area is 133 Å². The van der Waals surface area contributed by atoms with Crippen LogP contribution in [0.2, 0.25) is 0 Å². The zero-order valence-electron chi connectivity index (χ0n) is 13.7. The van der Waals surface area contributed by atoms with Gasteiger partial charge < -0.3 is 14.8 Å². The van der Waals surface area contributed by atoms with Crippen molar-refractivity contribution in [1.82, 2.24) is 10.2 Å². The molecule has 0 radical (unpaired) electrons. The minimum absolute atomic E-state index is 0.787. The first kappa shape index (κ1) is 18.6. The Morgan fingerprint density at radius 3 is 2.29 bits per heavy atom. The van der Waals surface area contributed by atoms with E-state index in [9.17, 15) is 0 Å². The van der Waals surface area contributed by atoms with Crippen molar-refractivity contribution in [2.45, 2.75) is 27.3 Å². The zero-order valence-corrected chi connectivity index (χ0v) is 14.5. The third-order valence-corrected chi connectivity index (χ3v) is 4.39. The summed E-state index contributed by atoms with van der Waals surface area (Å²) in [6, 6.07) is 2.18. The first-order valence-electron chi connectivity index (χ1n) is 7.89. The molecule has 1 aromatic rings. The summed E-state index contributed by atoms with van der Waals surface area (Å²) in [5, 5.41) is 5.68. The van der Waals surface area contributed by atoms with Gasteiger partial charge in [-0.2, -0.15) is 0 Å². The van der Waals surface area contributed by atoms with Crippen molar-refractivity contribution in [2.24, 2.45) is 0 Å². The summed E-state index contributed by atoms with van der Waals surface area (Å²) in [6.07, 6.45) is 0. The minimum Gasteiger partial charge on any atom is -0.380 e. The van der Waals surface area contributed by atoms with Crippen molar-refractivity contribution < 1.29 is 9.47 Å². The van der Waals surface area contributed by atoms with E-state index in [1.807, 2.05) is 25.2 Å². The van der Waals surface area contributed by atoms with Crippen molar-refractivity contribution in [2.75, 3.05) is 52.6 Å². The van der Waals surface area contributed by atoms with Crippen molar-refractivity contribution in [3.63, 3.8) is 0 Å². The van der Waals surface area contributed by atoms with E-state index in [0.717, 1.165) is 59.2 Å². The molecule has 122 valence electrons. The van der Waals surface area contributed by atoms with Gasteiger partial charge in [-0.15, -0.1) is 11.3 Å². The Kier molecular flexibility index (Phi) is 10.7. The molecule has 21 heavy (non-hydrogen) atoms. The normalized spacial score (nSPS) is 11.4. The van der Waals surface area contributed by atoms with Crippen LogP contribution >= 0.6 is 11.3 Å². The fourth-order valence-electron chi connectivity index (χ4n) is 2.04. The highest BCUT2D eigenvalue weighted by molar-refractivity contribution is 7.10. The molecular formula is C16H30N2O2S. The lowest BCUT2D eigenvalue weighted by Gasteiger charge is -2.22. The lowest BCUT2D eigenvalue weighted by molar-refractivity contribution is 0.0832. The smallest absolute Gasteiger partial charge is 0.0593 e. The summed E-state index contributed by atoms with van der Waals surface area (Å²) in [6.45, 7) is 14.4. The predicted molar refractivity (Wildman–Crippen MR) is 90.2 cm³/mol. The maximum Gasteiger partial charge on any atom is 0.0593 e. The fraction of sp³-hybridized carbons (Fsp3) is 0.750. The van der Waals surface area contributed by atoms with Gasteiger partial charge in [0.05, 0.1) is 13.2 Å². The summed E-state index contributed by atoms with van der Waals surface area (Å²) in [5.41, 5.74) is 1.39. The lowest BCUT2D eigenvalue weighted by Crippen LogP contribution is -2.36. The topological polar surface area (TPSA) is 33.7 Å². The predicted octanol–water partition coefficient (Wildman–Crippen LogP) is 2.52. The van der Waals surface area contributed by atoms with Gasteiger partial charge in [0.1, 0.15) is 0 Å². The van der Waals surface area contributed by atoms with Gasteiger partial charge >= 0.3 is 0 Å². The summed E-state index contributed by atoms with van der Waals surface area (Å²) in [4.78, 5) is 3.84. The molecular weight excluding hydrogens is 284 g/mol. The van der Waals surface area contributed by atoms with E-state index in [1.165, 1.54) is 10.4 Å². The highest BCUT2D eigenvalue weighted by atomic mass is 32.1. The molecule has 0 amide bonds. The van der Waals surface area contributed by atoms with Crippen LogP contribution in [0.4, 0.5) is 0 Å². The average Bonchev–Trinajstić information content (AvgIpc) is 2.89. The van der Waals surface area contributed by atoms with Crippen LogP contribution in [0.25, 0.3) is 0 Å². The van der Waals surface area contributed by atoms with Crippen LogP contribution in [0.3, 0.4) is 0 Å². The molecule has 0 aliphatic rings. The van der Waals surface area contributed by atoms with Gasteiger partial charge in [-0.3, -0.25) is 4.90 Å². The van der Waals surface area contributed by atoms with Crippen molar-refractivity contribution in [3.05, 3.63) is 21.9 Å². The molecule has 0 saturated carbocycles. The van der Waals surface area contributed by atoms with Crippen LogP contribution in [0.15, 0.2) is 11.4 Å². The van der Waals surface area contributed by atoms with Crippen LogP contribution in [-0.2, 0) is 16.0 Å². The van der Waals surface area contributed by atoms with Crippen LogP contribution in [-0.4, -0.2) is 57.5 Å². The van der Waals surface area contributed by atoms with Gasteiger partial charge in [0.25, 0.3) is 0 Å². The van der Waals surface area contributed by atoms with Gasteiger partial charge in [0, 0.05) is 50.8 Å². The first-order chi connectivity index (χ1) is 10.3. The summed E-state index contributed by atoms with van der Waals surface area (Å²) < 4.78 is 10.9. The highest BCUT2D eigenvalue weighted by Crippen LogP contribution is 2.14. The van der Waals surface area contributed by atoms with E-state index in [2.05, 4.69) is 28.6 Å². The molecule has 0 bridgehead atoms. The first-order valence-corrected chi connectivity index (χ1v) is 8.77. The Morgan fingerprint density at radius 2 is 1.76 bits per heavy atom. The molecule has 1 rings (SSSR count). The lowest BCUT2D eigenvalue weighted by atomic mass is 10.3. The number of hydrogen-bond donors (Lipinski definition) is 1. The second-order valence-corrected chi connectivity index (χ2v) is 5.94. The third kappa shape index (κ3) is 8.53. The van der Waals surface area contributed by atoms with E-state index < -0.39 is 0 Å². The van der Waals surface area contributed by atoms with E-state index in [1.54, 1.807) is 0 Å². The molecule has 1 N–H and O–H groups in total. The van der Waals surface area contributed by atoms with Crippen molar-refractivity contribution >= 4 is 11.3 Å². The van der Waals surface area contributed by atoms with Gasteiger partial charge in [-0.25, -0.2) is 0 Å². The summed E-state index contributed by atoms with van der Waals surface area (Å²) in [7, 11) is 0. The number of nitrogens with zero attached hydrogens (tertiary/aromatic N) is 1. The van der Waals surface area contributed by atoms with E-state index in [0.29, 0.717) is 0 Å². The Balaban J connectivity index is 2.19. The Hall–Kier alpha value is -0.460. The largest absolute Gasteiger partial charge is 0.380 e. The third-order valence-electron chi connectivity index (χ3n) is 3.37. The number of rotatable bonds is 13. The van der Waals surface area contributed by atoms with E-state index in [-0.39, 0.29) is 0 Å². The number of hydrogen-bond acceptors (Lipinski definition) is 5. The Bertz CT molecular complexity index is 348. The second-order valence-electron chi connectivity index (χ2n) is 4.94. The second kappa shape index (κ2) is 12.1. The van der Waals surface area contributed by atoms with Crippen LogP contribution in [0.1, 0.15) is 24.3 Å². The number of ether oxygens (including phenoxy) is 2. The average molecular weight is 314 g/mol. The molecule has 1 heterocycles. The van der Waals surface area contributed by atoms with Crippen molar-refractivity contribution in [1.29, 1.82) is 0 Å². The summed E-state index contributed by atoms with van der Waals surface area (Å²) in [5.74, 6) is 0. The molecule has 0 saturated heterocycles. The van der Waals surface area contributed by atoms with Gasteiger partial charge in [0.2, 0.25) is 0 Å². The van der Waals surface area contributed by atoms with Crippen LogP contribution < -0.4 is 5.32 Å². The molecule has 0 spiro atoms. The fourth-order valence-corrected chi connectivity index (χ4v) is 2.91. The van der Waals surface area contributed by atoms with Crippen LogP contribution in [0, 0.1) is 6.92 Å². The minimum atomic E-state index is 0.787. The van der Waals surface area contributed by atoms with E-state index >= 15 is 0 Å². The van der Waals surface area contributed by atoms with Gasteiger partial charge in [-0.1, -0.05) is 0 Å². The van der Waals surface area contributed by atoms with Gasteiger partial charge in [-0.05, 0) is 37.8 Å². The summed E-state index contributed by atoms with van der Waals surface area (Å²) >= 11 is 1.83. The molecule has 0 aliphatic carbocycles. The molecule has 0 aliphatic heterocycles. The standard InChI is InChI=1S/C16H30N2O2S/c1-4-19-11-9-18(10-12-20-5-2)8-7-17-14-16-15(3)6-13-21-16/h6,13,17H,4-5,7-12,14H2,1-3H3. The molecule has 4 nitrogen and oxygen atoms in total. The molecule has 0 fully saturated rings. The highest BCUT2D eigenvalue weighted by Gasteiger charge is 2.05. The van der Waals surface area contributed by atoms with Crippen LogP contribution in [0.5, 0.6) is 0 Å². The molecule has 0 atom stereocenters. The SMILES string of the molecule is CCOCCN(CCNCc1sccc1C)CCOCC. The quantitative estimate of drug-likeness (QED) is 0.567. The van der Waals surface area contributed by atoms with E-state index in [4.69, 9.17) is 9.47 Å². The number of nitrogens with one attached hydrogen (secondary N) is 1. The van der Waals surface area contributed by atoms with Gasteiger partial charge in [0.15, 0.2) is 0 Å². The number of thiophene rings is 1.